The number of carbonyl (C=O) groups excluding carboxylic acids is 2. The molecule has 5 rings (SSSR count). The van der Waals surface area contributed by atoms with Crippen molar-refractivity contribution in [3.8, 4) is 0 Å². The van der Waals surface area contributed by atoms with Crippen LogP contribution in [0.3, 0.4) is 0 Å². The molecule has 0 aliphatic carbocycles. The van der Waals surface area contributed by atoms with Gasteiger partial charge >= 0.3 is 0 Å². The Kier molecular flexibility index (Phi) is 8.08. The number of halogens is 1. The molecular weight excluding hydrogens is 498 g/mol. The number of anilines is 1. The molecule has 7 nitrogen and oxygen atoms in total. The Morgan fingerprint density at radius 3 is 2.42 bits per heavy atom. The summed E-state index contributed by atoms with van der Waals surface area (Å²) in [6.07, 6.45) is 2.39. The number of nitrogens with two attached hydrogens (primary N) is 1. The van der Waals surface area contributed by atoms with E-state index in [-0.39, 0.29) is 37.4 Å². The van der Waals surface area contributed by atoms with Gasteiger partial charge in [-0.25, -0.2) is 0 Å². The molecule has 1 fully saturated rings. The summed E-state index contributed by atoms with van der Waals surface area (Å²) in [6.45, 7) is 3.24. The van der Waals surface area contributed by atoms with Crippen LogP contribution >= 0.6 is 11.6 Å². The zero-order valence-electron chi connectivity index (χ0n) is 21.2. The molecule has 3 aromatic carbocycles. The number of imide groups is 1. The van der Waals surface area contributed by atoms with Gasteiger partial charge in [-0.15, -0.1) is 0 Å². The van der Waals surface area contributed by atoms with Crippen molar-refractivity contribution < 1.29 is 9.59 Å². The van der Waals surface area contributed by atoms with Crippen molar-refractivity contribution in [3.63, 3.8) is 0 Å². The Morgan fingerprint density at radius 2 is 1.66 bits per heavy atom. The van der Waals surface area contributed by atoms with E-state index in [0.717, 1.165) is 29.3 Å². The molecule has 2 heterocycles. The van der Waals surface area contributed by atoms with Gasteiger partial charge in [-0.05, 0) is 35.9 Å². The SMILES string of the molecule is NCCC(=O)NC(=O)CN1CCN(c2ccccc2)C(c2cn(Cc3ccc(Cl)cc3)c3ccccc23)C1. The number of carbonyl (C=O) groups is 2. The fourth-order valence-corrected chi connectivity index (χ4v) is 5.35. The van der Waals surface area contributed by atoms with Crippen molar-refractivity contribution in [2.45, 2.75) is 19.0 Å². The predicted molar refractivity (Wildman–Crippen MR) is 152 cm³/mol. The summed E-state index contributed by atoms with van der Waals surface area (Å²) in [6, 6.07) is 26.8. The number of benzene rings is 3. The summed E-state index contributed by atoms with van der Waals surface area (Å²) < 4.78 is 2.29. The topological polar surface area (TPSA) is 83.6 Å². The second-order valence-electron chi connectivity index (χ2n) is 9.65. The number of nitrogens with one attached hydrogen (secondary N) is 1. The number of hydrogen-bond donors (Lipinski definition) is 2. The van der Waals surface area contributed by atoms with Gasteiger partial charge in [-0.2, -0.15) is 0 Å². The van der Waals surface area contributed by atoms with E-state index in [4.69, 9.17) is 17.3 Å². The lowest BCUT2D eigenvalue weighted by Gasteiger charge is -2.42. The van der Waals surface area contributed by atoms with Crippen LogP contribution in [0, 0.1) is 0 Å². The molecule has 0 bridgehead atoms. The highest BCUT2D eigenvalue weighted by Crippen LogP contribution is 2.36. The van der Waals surface area contributed by atoms with Crippen molar-refractivity contribution in [2.24, 2.45) is 5.73 Å². The highest BCUT2D eigenvalue weighted by Gasteiger charge is 2.31. The third-order valence-electron chi connectivity index (χ3n) is 7.01. The summed E-state index contributed by atoms with van der Waals surface area (Å²) in [4.78, 5) is 29.0. The van der Waals surface area contributed by atoms with Gasteiger partial charge in [-0.3, -0.25) is 19.8 Å². The molecule has 3 N–H and O–H groups in total. The predicted octanol–water partition coefficient (Wildman–Crippen LogP) is 4.20. The third kappa shape index (κ3) is 5.91. The van der Waals surface area contributed by atoms with Gasteiger partial charge in [0.1, 0.15) is 0 Å². The molecule has 1 aliphatic rings. The maximum atomic E-state index is 12.6. The minimum atomic E-state index is -0.331. The smallest absolute Gasteiger partial charge is 0.240 e. The van der Waals surface area contributed by atoms with Gasteiger partial charge in [0.25, 0.3) is 0 Å². The van der Waals surface area contributed by atoms with E-state index < -0.39 is 0 Å². The van der Waals surface area contributed by atoms with E-state index in [0.29, 0.717) is 13.1 Å². The van der Waals surface area contributed by atoms with Crippen molar-refractivity contribution in [3.05, 3.63) is 101 Å². The minimum absolute atomic E-state index is 0.0232. The lowest BCUT2D eigenvalue weighted by Crippen LogP contribution is -2.51. The molecular formula is C30H32ClN5O2. The Balaban J connectivity index is 1.47. The van der Waals surface area contributed by atoms with E-state index in [1.54, 1.807) is 0 Å². The monoisotopic (exact) mass is 529 g/mol. The number of piperazine rings is 1. The Labute approximate surface area is 227 Å². The van der Waals surface area contributed by atoms with Crippen LogP contribution < -0.4 is 16.0 Å². The number of fused-ring (bicyclic) bond motifs is 1. The van der Waals surface area contributed by atoms with Crippen LogP contribution in [0.1, 0.15) is 23.6 Å². The Hall–Kier alpha value is -3.65. The number of aromatic nitrogens is 1. The van der Waals surface area contributed by atoms with Gasteiger partial charge in [-0.1, -0.05) is 60.1 Å². The fourth-order valence-electron chi connectivity index (χ4n) is 5.23. The number of hydrogen-bond acceptors (Lipinski definition) is 5. The summed E-state index contributed by atoms with van der Waals surface area (Å²) in [5, 5.41) is 4.38. The highest BCUT2D eigenvalue weighted by molar-refractivity contribution is 6.30. The molecule has 0 radical (unpaired) electrons. The molecule has 1 unspecified atom stereocenters. The van der Waals surface area contributed by atoms with E-state index in [9.17, 15) is 9.59 Å². The van der Waals surface area contributed by atoms with Crippen LogP contribution in [-0.4, -0.2) is 54.0 Å². The molecule has 1 aromatic heterocycles. The second-order valence-corrected chi connectivity index (χ2v) is 10.1. The molecule has 4 aromatic rings. The minimum Gasteiger partial charge on any atom is -0.362 e. The van der Waals surface area contributed by atoms with Crippen molar-refractivity contribution in [1.82, 2.24) is 14.8 Å². The fraction of sp³-hybridized carbons (Fsp3) is 0.267. The molecule has 8 heteroatoms. The number of amides is 2. The normalized spacial score (nSPS) is 16.1. The molecule has 1 saturated heterocycles. The zero-order valence-corrected chi connectivity index (χ0v) is 22.0. The van der Waals surface area contributed by atoms with Gasteiger partial charge < -0.3 is 15.2 Å². The van der Waals surface area contributed by atoms with Crippen LogP contribution in [0.2, 0.25) is 5.02 Å². The number of nitrogens with zero attached hydrogens (tertiary/aromatic N) is 3. The molecule has 38 heavy (non-hydrogen) atoms. The summed E-state index contributed by atoms with van der Waals surface area (Å²) in [5.41, 5.74) is 10.1. The first-order chi connectivity index (χ1) is 18.5. The maximum Gasteiger partial charge on any atom is 0.240 e. The van der Waals surface area contributed by atoms with Crippen LogP contribution in [0.25, 0.3) is 10.9 Å². The average Bonchev–Trinajstić information content (AvgIpc) is 3.28. The molecule has 196 valence electrons. The lowest BCUT2D eigenvalue weighted by molar-refractivity contribution is -0.131. The summed E-state index contributed by atoms with van der Waals surface area (Å²) in [7, 11) is 0. The van der Waals surface area contributed by atoms with Crippen molar-refractivity contribution in [2.75, 3.05) is 37.6 Å². The van der Waals surface area contributed by atoms with E-state index in [1.807, 2.05) is 18.2 Å². The molecule has 1 atom stereocenters. The standard InChI is InChI=1S/C30H32ClN5O2/c31-23-12-10-22(11-13-23)18-35-19-26(25-8-4-5-9-27(25)35)28-20-34(21-30(38)33-29(37)14-15-32)16-17-36(28)24-6-2-1-3-7-24/h1-13,19,28H,14-18,20-21,32H2,(H,33,37,38). The van der Waals surface area contributed by atoms with Gasteiger partial charge in [0.2, 0.25) is 11.8 Å². The van der Waals surface area contributed by atoms with Crippen LogP contribution in [0.15, 0.2) is 85.1 Å². The molecule has 2 amide bonds. The van der Waals surface area contributed by atoms with E-state index in [2.05, 4.69) is 86.5 Å². The van der Waals surface area contributed by atoms with Gasteiger partial charge in [0.15, 0.2) is 0 Å². The van der Waals surface area contributed by atoms with Crippen molar-refractivity contribution in [1.29, 1.82) is 0 Å². The highest BCUT2D eigenvalue weighted by atomic mass is 35.5. The van der Waals surface area contributed by atoms with Crippen LogP contribution in [0.4, 0.5) is 5.69 Å². The Morgan fingerprint density at radius 1 is 0.921 bits per heavy atom. The molecule has 0 spiro atoms. The number of rotatable bonds is 8. The largest absolute Gasteiger partial charge is 0.362 e. The summed E-state index contributed by atoms with van der Waals surface area (Å²) >= 11 is 6.11. The average molecular weight is 530 g/mol. The maximum absolute atomic E-state index is 12.6. The lowest BCUT2D eigenvalue weighted by atomic mass is 10.0. The van der Waals surface area contributed by atoms with Crippen LogP contribution in [0.5, 0.6) is 0 Å². The summed E-state index contributed by atoms with van der Waals surface area (Å²) in [5.74, 6) is -0.622. The first kappa shape index (κ1) is 26.0. The number of para-hydroxylation sites is 2. The van der Waals surface area contributed by atoms with E-state index >= 15 is 0 Å². The van der Waals surface area contributed by atoms with E-state index in [1.165, 1.54) is 16.5 Å². The molecule has 0 saturated carbocycles. The van der Waals surface area contributed by atoms with Crippen LogP contribution in [-0.2, 0) is 16.1 Å². The third-order valence-corrected chi connectivity index (χ3v) is 7.27. The van der Waals surface area contributed by atoms with Crippen molar-refractivity contribution >= 4 is 40.0 Å². The zero-order chi connectivity index (χ0) is 26.5. The molecule has 1 aliphatic heterocycles. The first-order valence-corrected chi connectivity index (χ1v) is 13.3. The quantitative estimate of drug-likeness (QED) is 0.357. The second kappa shape index (κ2) is 11.8. The Bertz CT molecular complexity index is 1400. The van der Waals surface area contributed by atoms with Gasteiger partial charge in [0.05, 0.1) is 12.6 Å². The first-order valence-electron chi connectivity index (χ1n) is 12.9. The van der Waals surface area contributed by atoms with Gasteiger partial charge in [0, 0.05) is 72.5 Å².